The predicted molar refractivity (Wildman–Crippen MR) is 66.5 cm³/mol. The topological polar surface area (TPSA) is 35.5 Å². The molecule has 2 aliphatic rings. The maximum atomic E-state index is 9.96. The number of nitrogens with one attached hydrogen (secondary N) is 1. The van der Waals surface area contributed by atoms with E-state index in [0.29, 0.717) is 6.04 Å². The first-order valence-electron chi connectivity index (χ1n) is 6.94. The highest BCUT2D eigenvalue weighted by Crippen LogP contribution is 2.25. The van der Waals surface area contributed by atoms with Gasteiger partial charge in [0, 0.05) is 12.6 Å². The summed E-state index contributed by atoms with van der Waals surface area (Å²) in [5.41, 5.74) is 0. The molecule has 0 amide bonds. The van der Waals surface area contributed by atoms with Gasteiger partial charge in [-0.05, 0) is 57.7 Å². The van der Waals surface area contributed by atoms with Crippen molar-refractivity contribution < 1.29 is 5.11 Å². The third-order valence-electron chi connectivity index (χ3n) is 4.21. The number of piperidine rings is 1. The van der Waals surface area contributed by atoms with E-state index in [1.165, 1.54) is 45.3 Å². The summed E-state index contributed by atoms with van der Waals surface area (Å²) >= 11 is 0. The number of likely N-dealkylation sites (N-methyl/N-ethyl adjacent to an activating group) is 1. The first-order chi connectivity index (χ1) is 7.81. The van der Waals surface area contributed by atoms with Crippen LogP contribution in [-0.4, -0.2) is 48.3 Å². The summed E-state index contributed by atoms with van der Waals surface area (Å²) in [5.74, 6) is 0.793. The Morgan fingerprint density at radius 3 is 2.69 bits per heavy atom. The van der Waals surface area contributed by atoms with Crippen LogP contribution < -0.4 is 5.32 Å². The molecule has 2 fully saturated rings. The monoisotopic (exact) mass is 226 g/mol. The minimum atomic E-state index is -0.0727. The van der Waals surface area contributed by atoms with Crippen LogP contribution in [0, 0.1) is 5.92 Å². The van der Waals surface area contributed by atoms with E-state index < -0.39 is 0 Å². The minimum absolute atomic E-state index is 0.0727. The lowest BCUT2D eigenvalue weighted by atomic mass is 9.98. The van der Waals surface area contributed by atoms with E-state index in [9.17, 15) is 5.11 Å². The van der Waals surface area contributed by atoms with E-state index in [-0.39, 0.29) is 6.10 Å². The van der Waals surface area contributed by atoms with Crippen molar-refractivity contribution in [3.05, 3.63) is 0 Å². The number of hydrogen-bond donors (Lipinski definition) is 2. The fraction of sp³-hybridized carbons (Fsp3) is 1.00. The first-order valence-corrected chi connectivity index (χ1v) is 6.94. The van der Waals surface area contributed by atoms with Crippen LogP contribution >= 0.6 is 0 Å². The Balaban J connectivity index is 1.84. The largest absolute Gasteiger partial charge is 0.391 e. The molecule has 2 N–H and O–H groups in total. The summed E-state index contributed by atoms with van der Waals surface area (Å²) in [6.07, 6.45) is 5.99. The molecule has 3 nitrogen and oxygen atoms in total. The van der Waals surface area contributed by atoms with E-state index in [1.54, 1.807) is 0 Å². The molecule has 0 aromatic heterocycles. The summed E-state index contributed by atoms with van der Waals surface area (Å²) in [4.78, 5) is 2.51. The molecule has 3 atom stereocenters. The van der Waals surface area contributed by atoms with Crippen LogP contribution in [0.25, 0.3) is 0 Å². The Kier molecular flexibility index (Phi) is 4.62. The fourth-order valence-electron chi connectivity index (χ4n) is 3.26. The van der Waals surface area contributed by atoms with Gasteiger partial charge in [-0.3, -0.25) is 4.90 Å². The van der Waals surface area contributed by atoms with Crippen molar-refractivity contribution in [2.45, 2.75) is 51.2 Å². The SMILES string of the molecule is CCN(CC1CCCNC1)C1CCCC1O. The van der Waals surface area contributed by atoms with Gasteiger partial charge in [0.05, 0.1) is 6.10 Å². The Morgan fingerprint density at radius 1 is 1.25 bits per heavy atom. The third-order valence-corrected chi connectivity index (χ3v) is 4.21. The van der Waals surface area contributed by atoms with Crippen molar-refractivity contribution >= 4 is 0 Å². The lowest BCUT2D eigenvalue weighted by molar-refractivity contribution is 0.0610. The summed E-state index contributed by atoms with van der Waals surface area (Å²) in [5, 5.41) is 13.4. The smallest absolute Gasteiger partial charge is 0.0695 e. The van der Waals surface area contributed by atoms with Gasteiger partial charge in [0.15, 0.2) is 0 Å². The van der Waals surface area contributed by atoms with Crippen molar-refractivity contribution in [1.29, 1.82) is 0 Å². The Morgan fingerprint density at radius 2 is 2.12 bits per heavy atom. The Bertz CT molecular complexity index is 204. The molecule has 0 aromatic carbocycles. The minimum Gasteiger partial charge on any atom is -0.391 e. The maximum absolute atomic E-state index is 9.96. The predicted octanol–water partition coefficient (Wildman–Crippen LogP) is 1.22. The van der Waals surface area contributed by atoms with Crippen molar-refractivity contribution in [2.75, 3.05) is 26.2 Å². The summed E-state index contributed by atoms with van der Waals surface area (Å²) in [6, 6.07) is 0.437. The summed E-state index contributed by atoms with van der Waals surface area (Å²) < 4.78 is 0. The number of aliphatic hydroxyl groups excluding tert-OH is 1. The van der Waals surface area contributed by atoms with Crippen LogP contribution in [-0.2, 0) is 0 Å². The molecule has 2 rings (SSSR count). The molecule has 1 saturated carbocycles. The van der Waals surface area contributed by atoms with E-state index in [2.05, 4.69) is 17.1 Å². The van der Waals surface area contributed by atoms with Crippen LogP contribution in [0.2, 0.25) is 0 Å². The zero-order valence-electron chi connectivity index (χ0n) is 10.5. The standard InChI is InChI=1S/C13H26N2O/c1-2-15(12-6-3-7-13(12)16)10-11-5-4-8-14-9-11/h11-14,16H,2-10H2,1H3. The van der Waals surface area contributed by atoms with Crippen molar-refractivity contribution in [3.63, 3.8) is 0 Å². The van der Waals surface area contributed by atoms with Gasteiger partial charge < -0.3 is 10.4 Å². The average molecular weight is 226 g/mol. The van der Waals surface area contributed by atoms with Crippen LogP contribution in [0.3, 0.4) is 0 Å². The number of rotatable bonds is 4. The summed E-state index contributed by atoms with van der Waals surface area (Å²) in [6.45, 7) is 6.83. The fourth-order valence-corrected chi connectivity index (χ4v) is 3.26. The summed E-state index contributed by atoms with van der Waals surface area (Å²) in [7, 11) is 0. The molecule has 1 aliphatic carbocycles. The van der Waals surface area contributed by atoms with E-state index >= 15 is 0 Å². The van der Waals surface area contributed by atoms with Gasteiger partial charge in [-0.25, -0.2) is 0 Å². The van der Waals surface area contributed by atoms with Crippen molar-refractivity contribution in [1.82, 2.24) is 10.2 Å². The second-order valence-electron chi connectivity index (χ2n) is 5.37. The highest BCUT2D eigenvalue weighted by atomic mass is 16.3. The molecule has 0 aromatic rings. The van der Waals surface area contributed by atoms with Gasteiger partial charge in [-0.1, -0.05) is 6.92 Å². The molecular weight excluding hydrogens is 200 g/mol. The number of nitrogens with zero attached hydrogens (tertiary/aromatic N) is 1. The zero-order chi connectivity index (χ0) is 11.4. The number of hydrogen-bond acceptors (Lipinski definition) is 3. The lowest BCUT2D eigenvalue weighted by Crippen LogP contribution is -2.45. The Labute approximate surface area is 99.2 Å². The maximum Gasteiger partial charge on any atom is 0.0695 e. The molecule has 3 unspecified atom stereocenters. The molecular formula is C13H26N2O. The van der Waals surface area contributed by atoms with Crippen molar-refractivity contribution in [3.8, 4) is 0 Å². The average Bonchev–Trinajstić information content (AvgIpc) is 2.74. The second kappa shape index (κ2) is 5.99. The van der Waals surface area contributed by atoms with E-state index in [1.807, 2.05) is 0 Å². The second-order valence-corrected chi connectivity index (χ2v) is 5.37. The van der Waals surface area contributed by atoms with Crippen LogP contribution in [0.5, 0.6) is 0 Å². The van der Waals surface area contributed by atoms with Crippen molar-refractivity contribution in [2.24, 2.45) is 5.92 Å². The highest BCUT2D eigenvalue weighted by molar-refractivity contribution is 4.86. The van der Waals surface area contributed by atoms with Gasteiger partial charge in [0.1, 0.15) is 0 Å². The van der Waals surface area contributed by atoms with Crippen LogP contribution in [0.1, 0.15) is 39.0 Å². The molecule has 3 heteroatoms. The van der Waals surface area contributed by atoms with Crippen LogP contribution in [0.15, 0.2) is 0 Å². The molecule has 0 bridgehead atoms. The molecule has 1 aliphatic heterocycles. The molecule has 16 heavy (non-hydrogen) atoms. The molecule has 0 radical (unpaired) electrons. The van der Waals surface area contributed by atoms with Gasteiger partial charge in [0.2, 0.25) is 0 Å². The third kappa shape index (κ3) is 2.96. The van der Waals surface area contributed by atoms with E-state index in [4.69, 9.17) is 0 Å². The quantitative estimate of drug-likeness (QED) is 0.756. The normalized spacial score (nSPS) is 35.8. The van der Waals surface area contributed by atoms with Gasteiger partial charge in [-0.15, -0.1) is 0 Å². The van der Waals surface area contributed by atoms with Gasteiger partial charge in [0.25, 0.3) is 0 Å². The lowest BCUT2D eigenvalue weighted by Gasteiger charge is -2.34. The highest BCUT2D eigenvalue weighted by Gasteiger charge is 2.31. The van der Waals surface area contributed by atoms with E-state index in [0.717, 1.165) is 18.9 Å². The molecule has 94 valence electrons. The first kappa shape index (κ1) is 12.3. The zero-order valence-corrected chi connectivity index (χ0v) is 10.5. The van der Waals surface area contributed by atoms with Gasteiger partial charge >= 0.3 is 0 Å². The molecule has 1 saturated heterocycles. The van der Waals surface area contributed by atoms with Gasteiger partial charge in [-0.2, -0.15) is 0 Å². The van der Waals surface area contributed by atoms with Crippen LogP contribution in [0.4, 0.5) is 0 Å². The Hall–Kier alpha value is -0.120. The molecule has 0 spiro atoms. The number of aliphatic hydroxyl groups is 1. The molecule has 1 heterocycles.